The number of likely N-dealkylation sites (N-methyl/N-ethyl adjacent to an activating group) is 1. The zero-order valence-electron chi connectivity index (χ0n) is 16.8. The Morgan fingerprint density at radius 1 is 1.14 bits per heavy atom. The maximum Gasteiger partial charge on any atom is 0.261 e. The van der Waals surface area contributed by atoms with Gasteiger partial charge in [0.1, 0.15) is 11.8 Å². The Morgan fingerprint density at radius 3 is 2.50 bits per heavy atom. The number of rotatable bonds is 8. The molecule has 5 nitrogen and oxygen atoms in total. The third-order valence-corrected chi connectivity index (χ3v) is 5.04. The Kier molecular flexibility index (Phi) is 7.88. The summed E-state index contributed by atoms with van der Waals surface area (Å²) in [4.78, 5) is 26.8. The van der Waals surface area contributed by atoms with Crippen LogP contribution in [0.4, 0.5) is 0 Å². The number of carbonyl (C=O) groups is 2. The van der Waals surface area contributed by atoms with Gasteiger partial charge in [-0.3, -0.25) is 9.59 Å². The minimum atomic E-state index is -0.609. The molecule has 0 aliphatic heterocycles. The average molecular weight is 403 g/mol. The molecule has 1 N–H and O–H groups in total. The summed E-state index contributed by atoms with van der Waals surface area (Å²) in [6, 6.07) is 12.5. The van der Waals surface area contributed by atoms with Crippen molar-refractivity contribution in [3.05, 3.63) is 64.2 Å². The van der Waals surface area contributed by atoms with Gasteiger partial charge in [-0.05, 0) is 62.6 Å². The first-order valence-electron chi connectivity index (χ1n) is 9.34. The highest BCUT2D eigenvalue weighted by molar-refractivity contribution is 6.31. The van der Waals surface area contributed by atoms with E-state index in [9.17, 15) is 9.59 Å². The van der Waals surface area contributed by atoms with Crippen LogP contribution in [0.15, 0.2) is 42.5 Å². The Bertz CT molecular complexity index is 838. The van der Waals surface area contributed by atoms with Crippen LogP contribution in [0.2, 0.25) is 5.02 Å². The lowest BCUT2D eigenvalue weighted by Crippen LogP contribution is -2.49. The van der Waals surface area contributed by atoms with Crippen LogP contribution in [-0.4, -0.2) is 35.9 Å². The van der Waals surface area contributed by atoms with Crippen LogP contribution in [0.3, 0.4) is 0 Å². The van der Waals surface area contributed by atoms with Crippen molar-refractivity contribution in [3.8, 4) is 5.75 Å². The SMILES string of the molecule is CCNC(=O)C(C)N(Cc1ccccc1C)C(=O)COc1ccc(Cl)c(C)c1. The quantitative estimate of drug-likeness (QED) is 0.728. The van der Waals surface area contributed by atoms with Crippen molar-refractivity contribution in [3.63, 3.8) is 0 Å². The van der Waals surface area contributed by atoms with Crippen molar-refractivity contribution in [2.24, 2.45) is 0 Å². The van der Waals surface area contributed by atoms with Crippen molar-refractivity contribution >= 4 is 23.4 Å². The van der Waals surface area contributed by atoms with Crippen LogP contribution in [0.25, 0.3) is 0 Å². The highest BCUT2D eigenvalue weighted by Crippen LogP contribution is 2.21. The molecular formula is C22H27ClN2O3. The van der Waals surface area contributed by atoms with Crippen LogP contribution in [0.5, 0.6) is 5.75 Å². The smallest absolute Gasteiger partial charge is 0.261 e. The molecule has 28 heavy (non-hydrogen) atoms. The highest BCUT2D eigenvalue weighted by Gasteiger charge is 2.26. The van der Waals surface area contributed by atoms with Gasteiger partial charge in [-0.25, -0.2) is 0 Å². The van der Waals surface area contributed by atoms with Crippen LogP contribution >= 0.6 is 11.6 Å². The van der Waals surface area contributed by atoms with Crippen molar-refractivity contribution in [2.45, 2.75) is 40.3 Å². The van der Waals surface area contributed by atoms with E-state index in [2.05, 4.69) is 5.32 Å². The molecule has 2 aromatic rings. The van der Waals surface area contributed by atoms with Gasteiger partial charge in [0.15, 0.2) is 6.61 Å². The molecule has 150 valence electrons. The van der Waals surface area contributed by atoms with Gasteiger partial charge in [-0.2, -0.15) is 0 Å². The van der Waals surface area contributed by atoms with E-state index in [1.54, 1.807) is 30.0 Å². The summed E-state index contributed by atoms with van der Waals surface area (Å²) < 4.78 is 5.66. The number of halogens is 1. The lowest BCUT2D eigenvalue weighted by Gasteiger charge is -2.29. The third kappa shape index (κ3) is 5.73. The van der Waals surface area contributed by atoms with E-state index in [4.69, 9.17) is 16.3 Å². The Morgan fingerprint density at radius 2 is 1.86 bits per heavy atom. The second kappa shape index (κ2) is 10.1. The van der Waals surface area contributed by atoms with Gasteiger partial charge in [-0.1, -0.05) is 35.9 Å². The van der Waals surface area contributed by atoms with E-state index in [0.29, 0.717) is 23.9 Å². The molecule has 0 saturated carbocycles. The Labute approximate surface area is 171 Å². The first-order chi connectivity index (χ1) is 13.3. The molecule has 2 rings (SSSR count). The third-order valence-electron chi connectivity index (χ3n) is 4.61. The number of nitrogens with zero attached hydrogens (tertiary/aromatic N) is 1. The number of carbonyl (C=O) groups excluding carboxylic acids is 2. The molecule has 2 amide bonds. The zero-order chi connectivity index (χ0) is 20.7. The van der Waals surface area contributed by atoms with E-state index < -0.39 is 6.04 Å². The summed E-state index contributed by atoms with van der Waals surface area (Å²) >= 11 is 6.03. The standard InChI is InChI=1S/C22H27ClN2O3/c1-5-24-22(27)17(4)25(13-18-9-7-6-8-15(18)2)21(26)14-28-19-10-11-20(23)16(3)12-19/h6-12,17H,5,13-14H2,1-4H3,(H,24,27). The predicted molar refractivity (Wildman–Crippen MR) is 112 cm³/mol. The van der Waals surface area contributed by atoms with Gasteiger partial charge in [0.2, 0.25) is 5.91 Å². The molecule has 0 radical (unpaired) electrons. The Hall–Kier alpha value is -2.53. The van der Waals surface area contributed by atoms with Crippen LogP contribution in [0.1, 0.15) is 30.5 Å². The van der Waals surface area contributed by atoms with Gasteiger partial charge >= 0.3 is 0 Å². The van der Waals surface area contributed by atoms with E-state index in [1.165, 1.54) is 0 Å². The van der Waals surface area contributed by atoms with Crippen LogP contribution in [0, 0.1) is 13.8 Å². The fourth-order valence-corrected chi connectivity index (χ4v) is 2.93. The largest absolute Gasteiger partial charge is 0.484 e. The van der Waals surface area contributed by atoms with Gasteiger partial charge in [-0.15, -0.1) is 0 Å². The summed E-state index contributed by atoms with van der Waals surface area (Å²) in [7, 11) is 0. The molecule has 0 bridgehead atoms. The molecule has 0 fully saturated rings. The minimum absolute atomic E-state index is 0.156. The predicted octanol–water partition coefficient (Wildman–Crippen LogP) is 3.89. The summed E-state index contributed by atoms with van der Waals surface area (Å²) in [5, 5.41) is 3.42. The zero-order valence-corrected chi connectivity index (χ0v) is 17.5. The molecule has 2 aromatic carbocycles. The molecule has 1 unspecified atom stereocenters. The van der Waals surface area contributed by atoms with Gasteiger partial charge in [0, 0.05) is 18.1 Å². The normalized spacial score (nSPS) is 11.6. The lowest BCUT2D eigenvalue weighted by molar-refractivity contribution is -0.142. The fraction of sp³-hybridized carbons (Fsp3) is 0.364. The summed E-state index contributed by atoms with van der Waals surface area (Å²) in [6.45, 7) is 8.14. The fourth-order valence-electron chi connectivity index (χ4n) is 2.81. The second-order valence-corrected chi connectivity index (χ2v) is 7.13. The maximum atomic E-state index is 12.9. The van der Waals surface area contributed by atoms with E-state index in [0.717, 1.165) is 16.7 Å². The van der Waals surface area contributed by atoms with E-state index >= 15 is 0 Å². The van der Waals surface area contributed by atoms with Crippen molar-refractivity contribution in [2.75, 3.05) is 13.2 Å². The monoisotopic (exact) mass is 402 g/mol. The highest BCUT2D eigenvalue weighted by atomic mass is 35.5. The van der Waals surface area contributed by atoms with Crippen molar-refractivity contribution in [1.82, 2.24) is 10.2 Å². The number of hydrogen-bond donors (Lipinski definition) is 1. The summed E-state index contributed by atoms with van der Waals surface area (Å²) in [5.41, 5.74) is 2.94. The maximum absolute atomic E-state index is 12.9. The van der Waals surface area contributed by atoms with Crippen LogP contribution in [-0.2, 0) is 16.1 Å². The Balaban J connectivity index is 2.16. The number of hydrogen-bond acceptors (Lipinski definition) is 3. The lowest BCUT2D eigenvalue weighted by atomic mass is 10.1. The molecule has 6 heteroatoms. The first-order valence-corrected chi connectivity index (χ1v) is 9.72. The topological polar surface area (TPSA) is 58.6 Å². The van der Waals surface area contributed by atoms with Gasteiger partial charge in [0.25, 0.3) is 5.91 Å². The minimum Gasteiger partial charge on any atom is -0.484 e. The van der Waals surface area contributed by atoms with E-state index in [1.807, 2.05) is 45.0 Å². The van der Waals surface area contributed by atoms with Gasteiger partial charge in [0.05, 0.1) is 0 Å². The van der Waals surface area contributed by atoms with Crippen molar-refractivity contribution in [1.29, 1.82) is 0 Å². The number of aryl methyl sites for hydroxylation is 2. The average Bonchev–Trinajstić information content (AvgIpc) is 2.67. The second-order valence-electron chi connectivity index (χ2n) is 6.72. The number of nitrogens with one attached hydrogen (secondary N) is 1. The van der Waals surface area contributed by atoms with Crippen molar-refractivity contribution < 1.29 is 14.3 Å². The molecule has 0 spiro atoms. The number of benzene rings is 2. The molecule has 0 aliphatic rings. The molecule has 0 aromatic heterocycles. The molecule has 0 aliphatic carbocycles. The summed E-state index contributed by atoms with van der Waals surface area (Å²) in [5.74, 6) is 0.123. The van der Waals surface area contributed by atoms with E-state index in [-0.39, 0.29) is 18.4 Å². The molecule has 1 atom stereocenters. The first kappa shape index (κ1) is 21.8. The number of amides is 2. The van der Waals surface area contributed by atoms with Crippen LogP contribution < -0.4 is 10.1 Å². The van der Waals surface area contributed by atoms with Gasteiger partial charge < -0.3 is 15.0 Å². The molecule has 0 saturated heterocycles. The molecular weight excluding hydrogens is 376 g/mol. The summed E-state index contributed by atoms with van der Waals surface area (Å²) in [6.07, 6.45) is 0. The molecule has 0 heterocycles. The number of ether oxygens (including phenoxy) is 1.